The molecule has 1 aromatic rings. The quantitative estimate of drug-likeness (QED) is 0.868. The summed E-state index contributed by atoms with van der Waals surface area (Å²) in [6.07, 6.45) is 1.98. The van der Waals surface area contributed by atoms with Crippen molar-refractivity contribution in [2.24, 2.45) is 0 Å². The molecule has 106 valence electrons. The maximum atomic E-state index is 12.1. The van der Waals surface area contributed by atoms with E-state index in [2.05, 4.69) is 39.7 Å². The van der Waals surface area contributed by atoms with Crippen LogP contribution in [-0.2, 0) is 0 Å². The summed E-state index contributed by atoms with van der Waals surface area (Å²) in [6.45, 7) is 5.97. The van der Waals surface area contributed by atoms with Crippen LogP contribution in [0.5, 0.6) is 0 Å². The molecule has 1 aliphatic heterocycles. The highest BCUT2D eigenvalue weighted by molar-refractivity contribution is 7.17. The Kier molecular flexibility index (Phi) is 4.71. The molecular formula is C12H21N5OS. The van der Waals surface area contributed by atoms with Gasteiger partial charge in [0.2, 0.25) is 10.1 Å². The van der Waals surface area contributed by atoms with Crippen molar-refractivity contribution in [1.82, 2.24) is 20.4 Å². The zero-order valence-electron chi connectivity index (χ0n) is 11.6. The average molecular weight is 283 g/mol. The van der Waals surface area contributed by atoms with E-state index in [-0.39, 0.29) is 11.9 Å². The molecular weight excluding hydrogens is 262 g/mol. The molecule has 1 fully saturated rings. The summed E-state index contributed by atoms with van der Waals surface area (Å²) in [7, 11) is 2.12. The highest BCUT2D eigenvalue weighted by atomic mass is 32.1. The predicted molar refractivity (Wildman–Crippen MR) is 76.7 cm³/mol. The SMILES string of the molecule is CCNc1nnc(C(=O)NC2CCN(C)C(C)C2)s1. The van der Waals surface area contributed by atoms with Gasteiger partial charge in [0.25, 0.3) is 5.91 Å². The first-order valence-corrected chi connectivity index (χ1v) is 7.50. The van der Waals surface area contributed by atoms with Gasteiger partial charge < -0.3 is 15.5 Å². The number of hydrogen-bond donors (Lipinski definition) is 2. The van der Waals surface area contributed by atoms with Crippen LogP contribution in [0.1, 0.15) is 36.5 Å². The van der Waals surface area contributed by atoms with Gasteiger partial charge in [-0.3, -0.25) is 4.79 Å². The fraction of sp³-hybridized carbons (Fsp3) is 0.750. The van der Waals surface area contributed by atoms with Crippen molar-refractivity contribution in [3.8, 4) is 0 Å². The van der Waals surface area contributed by atoms with Gasteiger partial charge in [0, 0.05) is 25.2 Å². The van der Waals surface area contributed by atoms with E-state index < -0.39 is 0 Å². The molecule has 2 heterocycles. The van der Waals surface area contributed by atoms with Crippen LogP contribution in [0, 0.1) is 0 Å². The molecule has 2 atom stereocenters. The van der Waals surface area contributed by atoms with Crippen LogP contribution >= 0.6 is 11.3 Å². The summed E-state index contributed by atoms with van der Waals surface area (Å²) in [5.41, 5.74) is 0. The minimum Gasteiger partial charge on any atom is -0.360 e. The lowest BCUT2D eigenvalue weighted by Crippen LogP contribution is -2.47. The summed E-state index contributed by atoms with van der Waals surface area (Å²) < 4.78 is 0. The largest absolute Gasteiger partial charge is 0.360 e. The number of nitrogens with one attached hydrogen (secondary N) is 2. The van der Waals surface area contributed by atoms with Gasteiger partial charge in [0.15, 0.2) is 0 Å². The molecule has 2 N–H and O–H groups in total. The molecule has 1 aromatic heterocycles. The number of likely N-dealkylation sites (tertiary alicyclic amines) is 1. The van der Waals surface area contributed by atoms with Crippen molar-refractivity contribution in [1.29, 1.82) is 0 Å². The van der Waals surface area contributed by atoms with E-state index in [1.807, 2.05) is 6.92 Å². The number of anilines is 1. The average Bonchev–Trinajstić information content (AvgIpc) is 2.83. The number of amides is 1. The normalized spacial score (nSPS) is 24.2. The van der Waals surface area contributed by atoms with Crippen LogP contribution < -0.4 is 10.6 Å². The van der Waals surface area contributed by atoms with Crippen molar-refractivity contribution >= 4 is 22.4 Å². The Morgan fingerprint density at radius 3 is 3.00 bits per heavy atom. The lowest BCUT2D eigenvalue weighted by atomic mass is 9.99. The van der Waals surface area contributed by atoms with Gasteiger partial charge in [-0.2, -0.15) is 0 Å². The van der Waals surface area contributed by atoms with E-state index >= 15 is 0 Å². The number of nitrogens with zero attached hydrogens (tertiary/aromatic N) is 3. The Morgan fingerprint density at radius 2 is 2.32 bits per heavy atom. The highest BCUT2D eigenvalue weighted by Crippen LogP contribution is 2.18. The second-order valence-corrected chi connectivity index (χ2v) is 5.94. The molecule has 1 amide bonds. The molecule has 0 bridgehead atoms. The summed E-state index contributed by atoms with van der Waals surface area (Å²) in [5, 5.41) is 15.1. The third-order valence-electron chi connectivity index (χ3n) is 3.49. The molecule has 1 aliphatic rings. The Hall–Kier alpha value is -1.21. The highest BCUT2D eigenvalue weighted by Gasteiger charge is 2.25. The smallest absolute Gasteiger partial charge is 0.282 e. The van der Waals surface area contributed by atoms with Crippen LogP contribution in [0.4, 0.5) is 5.13 Å². The van der Waals surface area contributed by atoms with Crippen LogP contribution in [-0.4, -0.2) is 53.2 Å². The monoisotopic (exact) mass is 283 g/mol. The number of rotatable bonds is 4. The minimum atomic E-state index is -0.108. The number of carbonyl (C=O) groups is 1. The van der Waals surface area contributed by atoms with Crippen LogP contribution in [0.15, 0.2) is 0 Å². The first-order chi connectivity index (χ1) is 9.10. The molecule has 2 rings (SSSR count). The lowest BCUT2D eigenvalue weighted by molar-refractivity contribution is 0.0895. The number of carbonyl (C=O) groups excluding carboxylic acids is 1. The molecule has 7 heteroatoms. The Morgan fingerprint density at radius 1 is 1.53 bits per heavy atom. The van der Waals surface area contributed by atoms with Gasteiger partial charge in [0.1, 0.15) is 0 Å². The van der Waals surface area contributed by atoms with Crippen molar-refractivity contribution in [3.63, 3.8) is 0 Å². The van der Waals surface area contributed by atoms with E-state index in [4.69, 9.17) is 0 Å². The standard InChI is InChI=1S/C12H21N5OS/c1-4-13-12-16-15-11(19-12)10(18)14-9-5-6-17(3)8(2)7-9/h8-9H,4-7H2,1-3H3,(H,13,16)(H,14,18). The molecule has 1 saturated heterocycles. The molecule has 6 nitrogen and oxygen atoms in total. The second kappa shape index (κ2) is 6.29. The molecule has 0 spiro atoms. The molecule has 0 aromatic carbocycles. The van der Waals surface area contributed by atoms with E-state index in [1.54, 1.807) is 0 Å². The van der Waals surface area contributed by atoms with Crippen molar-refractivity contribution in [2.45, 2.75) is 38.8 Å². The Bertz CT molecular complexity index is 436. The predicted octanol–water partition coefficient (Wildman–Crippen LogP) is 1.18. The van der Waals surface area contributed by atoms with Crippen molar-refractivity contribution in [2.75, 3.05) is 25.5 Å². The summed E-state index contributed by atoms with van der Waals surface area (Å²) in [4.78, 5) is 14.4. The molecule has 0 radical (unpaired) electrons. The van der Waals surface area contributed by atoms with Crippen LogP contribution in [0.3, 0.4) is 0 Å². The lowest BCUT2D eigenvalue weighted by Gasteiger charge is -2.35. The van der Waals surface area contributed by atoms with Gasteiger partial charge in [-0.1, -0.05) is 11.3 Å². The molecule has 0 saturated carbocycles. The fourth-order valence-electron chi connectivity index (χ4n) is 2.21. The van der Waals surface area contributed by atoms with Crippen molar-refractivity contribution in [3.05, 3.63) is 5.01 Å². The second-order valence-electron chi connectivity index (χ2n) is 4.97. The maximum Gasteiger partial charge on any atom is 0.282 e. The summed E-state index contributed by atoms with van der Waals surface area (Å²) >= 11 is 1.30. The fourth-order valence-corrected chi connectivity index (χ4v) is 2.92. The van der Waals surface area contributed by atoms with Gasteiger partial charge in [-0.25, -0.2) is 0 Å². The van der Waals surface area contributed by atoms with Gasteiger partial charge in [-0.05, 0) is 33.7 Å². The molecule has 0 aliphatic carbocycles. The minimum absolute atomic E-state index is 0.108. The zero-order valence-corrected chi connectivity index (χ0v) is 12.5. The summed E-state index contributed by atoms with van der Waals surface area (Å²) in [6, 6.07) is 0.746. The van der Waals surface area contributed by atoms with Crippen LogP contribution in [0.25, 0.3) is 0 Å². The zero-order chi connectivity index (χ0) is 13.8. The van der Waals surface area contributed by atoms with Gasteiger partial charge in [-0.15, -0.1) is 10.2 Å². The number of piperidine rings is 1. The third-order valence-corrected chi connectivity index (χ3v) is 4.37. The Labute approximate surface area is 117 Å². The Balaban J connectivity index is 1.89. The number of hydrogen-bond acceptors (Lipinski definition) is 6. The molecule has 2 unspecified atom stereocenters. The number of aromatic nitrogens is 2. The first-order valence-electron chi connectivity index (χ1n) is 6.68. The first kappa shape index (κ1) is 14.2. The molecule has 19 heavy (non-hydrogen) atoms. The topological polar surface area (TPSA) is 70.1 Å². The van der Waals surface area contributed by atoms with E-state index in [1.165, 1.54) is 11.3 Å². The van der Waals surface area contributed by atoms with E-state index in [0.29, 0.717) is 16.2 Å². The van der Waals surface area contributed by atoms with Crippen molar-refractivity contribution < 1.29 is 4.79 Å². The summed E-state index contributed by atoms with van der Waals surface area (Å²) in [5.74, 6) is -0.108. The van der Waals surface area contributed by atoms with Crippen LogP contribution in [0.2, 0.25) is 0 Å². The van der Waals surface area contributed by atoms with E-state index in [9.17, 15) is 4.79 Å². The van der Waals surface area contributed by atoms with Gasteiger partial charge >= 0.3 is 0 Å². The van der Waals surface area contributed by atoms with E-state index in [0.717, 1.165) is 25.9 Å². The third kappa shape index (κ3) is 3.63. The van der Waals surface area contributed by atoms with Gasteiger partial charge in [0.05, 0.1) is 0 Å². The maximum absolute atomic E-state index is 12.1.